The maximum absolute atomic E-state index is 13.5. The number of carboxylic acid groups (broad SMARTS) is 1. The minimum Gasteiger partial charge on any atom is -0.494 e. The van der Waals surface area contributed by atoms with Crippen LogP contribution in [0.2, 0.25) is 0 Å². The quantitative estimate of drug-likeness (QED) is 0.171. The maximum atomic E-state index is 13.5. The first-order chi connectivity index (χ1) is 22.0. The molecule has 3 N–H and O–H groups in total. The van der Waals surface area contributed by atoms with Crippen LogP contribution in [0.3, 0.4) is 0 Å². The fraction of sp³-hybridized carbons (Fsp3) is 0.378. The average Bonchev–Trinajstić information content (AvgIpc) is 3.40. The number of benzene rings is 3. The Balaban J connectivity index is 1.19. The Morgan fingerprint density at radius 1 is 0.911 bits per heavy atom. The number of nitrogens with zero attached hydrogens (tertiary/aromatic N) is 1. The molecule has 8 nitrogen and oxygen atoms in total. The molecule has 0 radical (unpaired) electrons. The van der Waals surface area contributed by atoms with Crippen LogP contribution in [0.15, 0.2) is 85.1 Å². The van der Waals surface area contributed by atoms with Gasteiger partial charge in [-0.05, 0) is 67.0 Å². The second-order valence-corrected chi connectivity index (χ2v) is 11.9. The van der Waals surface area contributed by atoms with Gasteiger partial charge in [0.25, 0.3) is 0 Å². The van der Waals surface area contributed by atoms with E-state index in [1.807, 2.05) is 54.6 Å². The van der Waals surface area contributed by atoms with E-state index in [2.05, 4.69) is 45.7 Å². The molecule has 1 aromatic heterocycles. The van der Waals surface area contributed by atoms with E-state index in [0.29, 0.717) is 38.8 Å². The second-order valence-electron chi connectivity index (χ2n) is 11.9. The van der Waals surface area contributed by atoms with E-state index in [4.69, 9.17) is 4.74 Å². The third-order valence-electron chi connectivity index (χ3n) is 8.52. The van der Waals surface area contributed by atoms with Crippen molar-refractivity contribution in [1.29, 1.82) is 0 Å². The number of fused-ring (bicyclic) bond motifs is 5. The number of carbonyl (C=O) groups excluding carboxylic acids is 2. The Kier molecular flexibility index (Phi) is 11.3. The third kappa shape index (κ3) is 8.97. The fourth-order valence-electron chi connectivity index (χ4n) is 6.08. The molecule has 45 heavy (non-hydrogen) atoms. The number of hydrogen-bond acceptors (Lipinski definition) is 4. The van der Waals surface area contributed by atoms with E-state index < -0.39 is 23.8 Å². The molecule has 0 unspecified atom stereocenters. The van der Waals surface area contributed by atoms with E-state index in [1.165, 1.54) is 0 Å². The largest absolute Gasteiger partial charge is 0.494 e. The molecule has 2 amide bonds. The Hall–Kier alpha value is -4.59. The summed E-state index contributed by atoms with van der Waals surface area (Å²) < 4.78 is 8.15. The van der Waals surface area contributed by atoms with Crippen LogP contribution in [0.25, 0.3) is 22.0 Å². The number of ether oxygens (including phenoxy) is 1. The van der Waals surface area contributed by atoms with Crippen molar-refractivity contribution in [2.45, 2.75) is 70.4 Å². The van der Waals surface area contributed by atoms with Gasteiger partial charge in [0.1, 0.15) is 11.8 Å². The maximum Gasteiger partial charge on any atom is 0.304 e. The lowest BCUT2D eigenvalue weighted by Gasteiger charge is -2.22. The Labute approximate surface area is 264 Å². The predicted octanol–water partition coefficient (Wildman–Crippen LogP) is 6.37. The Morgan fingerprint density at radius 2 is 1.64 bits per heavy atom. The van der Waals surface area contributed by atoms with Gasteiger partial charge in [0.15, 0.2) is 0 Å². The van der Waals surface area contributed by atoms with Gasteiger partial charge < -0.3 is 25.0 Å². The summed E-state index contributed by atoms with van der Waals surface area (Å²) in [5.74, 6) is -1.65. The van der Waals surface area contributed by atoms with Crippen molar-refractivity contribution < 1.29 is 24.2 Å². The van der Waals surface area contributed by atoms with Gasteiger partial charge in [-0.3, -0.25) is 14.4 Å². The average molecular weight is 610 g/mol. The molecule has 2 bridgehead atoms. The number of amides is 2. The number of carboxylic acids is 1. The first kappa shape index (κ1) is 31.8. The molecule has 2 heterocycles. The van der Waals surface area contributed by atoms with Gasteiger partial charge in [-0.1, -0.05) is 73.5 Å². The monoisotopic (exact) mass is 609 g/mol. The normalized spacial score (nSPS) is 16.4. The fourth-order valence-corrected chi connectivity index (χ4v) is 6.08. The minimum absolute atomic E-state index is 0.236. The predicted molar refractivity (Wildman–Crippen MR) is 176 cm³/mol. The standard InChI is InChI=1S/C37H43N3O5/c41-35(42)25-29(14-8-11-23-45-31-19-17-28(18-20-31)27-12-4-3-5-13-27)36(43)39-33-24-30-26-40(34-16-7-6-15-32(30)34)22-10-2-1-9-21-38-37(33)44/h3-7,12-13,15-20,26,29,33H,1-2,8-11,14,21-25H2,(H,38,44)(H,39,43)(H,41,42)/t29-,33+/m1/s1. The summed E-state index contributed by atoms with van der Waals surface area (Å²) in [5, 5.41) is 16.6. The van der Waals surface area contributed by atoms with Gasteiger partial charge >= 0.3 is 5.97 Å². The van der Waals surface area contributed by atoms with Crippen molar-refractivity contribution in [2.75, 3.05) is 13.2 Å². The number of nitrogens with one attached hydrogen (secondary N) is 2. The van der Waals surface area contributed by atoms with Crippen LogP contribution in [0.1, 0.15) is 56.9 Å². The van der Waals surface area contributed by atoms with Crippen molar-refractivity contribution >= 4 is 28.7 Å². The molecule has 0 saturated carbocycles. The summed E-state index contributed by atoms with van der Waals surface area (Å²) >= 11 is 0. The molecular weight excluding hydrogens is 566 g/mol. The van der Waals surface area contributed by atoms with Crippen LogP contribution in [0.5, 0.6) is 5.75 Å². The van der Waals surface area contributed by atoms with Crippen molar-refractivity contribution in [3.8, 4) is 16.9 Å². The molecule has 4 aromatic rings. The third-order valence-corrected chi connectivity index (χ3v) is 8.52. The zero-order chi connectivity index (χ0) is 31.4. The summed E-state index contributed by atoms with van der Waals surface area (Å²) in [6.45, 7) is 1.92. The molecule has 2 atom stereocenters. The van der Waals surface area contributed by atoms with Crippen LogP contribution in [0.4, 0.5) is 0 Å². The van der Waals surface area contributed by atoms with Crippen LogP contribution in [0, 0.1) is 5.92 Å². The number of aryl methyl sites for hydroxylation is 1. The lowest BCUT2D eigenvalue weighted by atomic mass is 9.96. The molecule has 3 aromatic carbocycles. The van der Waals surface area contributed by atoms with Gasteiger partial charge in [-0.15, -0.1) is 0 Å². The molecule has 8 heteroatoms. The van der Waals surface area contributed by atoms with Crippen molar-refractivity contribution in [3.63, 3.8) is 0 Å². The Bertz CT molecular complexity index is 1560. The number of para-hydroxylation sites is 1. The highest BCUT2D eigenvalue weighted by Gasteiger charge is 2.28. The second kappa shape index (κ2) is 15.9. The van der Waals surface area contributed by atoms with Gasteiger partial charge in [0.2, 0.25) is 11.8 Å². The summed E-state index contributed by atoms with van der Waals surface area (Å²) in [6.07, 6.45) is 7.88. The molecule has 1 aliphatic heterocycles. The van der Waals surface area contributed by atoms with E-state index in [1.54, 1.807) is 0 Å². The number of unbranched alkanes of at least 4 members (excludes halogenated alkanes) is 1. The number of aliphatic carboxylic acids is 1. The smallest absolute Gasteiger partial charge is 0.304 e. The summed E-state index contributed by atoms with van der Waals surface area (Å²) in [6, 6.07) is 25.4. The van der Waals surface area contributed by atoms with E-state index in [-0.39, 0.29) is 12.3 Å². The summed E-state index contributed by atoms with van der Waals surface area (Å²) in [4.78, 5) is 38.5. The van der Waals surface area contributed by atoms with Crippen LogP contribution < -0.4 is 15.4 Å². The summed E-state index contributed by atoms with van der Waals surface area (Å²) in [5.41, 5.74) is 4.37. The van der Waals surface area contributed by atoms with Crippen molar-refractivity contribution in [1.82, 2.24) is 15.2 Å². The SMILES string of the molecule is O=C(O)C[C@@H](CCCCOc1ccc(-c2ccccc2)cc1)C(=O)N[C@H]1Cc2cn(c3ccccc23)CCCCCCNC1=O. The first-order valence-corrected chi connectivity index (χ1v) is 16.1. The van der Waals surface area contributed by atoms with Gasteiger partial charge in [0.05, 0.1) is 13.0 Å². The molecule has 0 saturated heterocycles. The number of carbonyl (C=O) groups is 3. The molecule has 1 aliphatic rings. The molecule has 0 spiro atoms. The molecular formula is C37H43N3O5. The van der Waals surface area contributed by atoms with Crippen molar-refractivity contribution in [3.05, 3.63) is 90.6 Å². The number of hydrogen-bond donors (Lipinski definition) is 3. The van der Waals surface area contributed by atoms with Crippen LogP contribution >= 0.6 is 0 Å². The molecule has 5 rings (SSSR count). The molecule has 236 valence electrons. The van der Waals surface area contributed by atoms with Gasteiger partial charge in [-0.2, -0.15) is 0 Å². The first-order valence-electron chi connectivity index (χ1n) is 16.1. The van der Waals surface area contributed by atoms with Crippen LogP contribution in [-0.2, 0) is 27.3 Å². The summed E-state index contributed by atoms with van der Waals surface area (Å²) in [7, 11) is 0. The van der Waals surface area contributed by atoms with E-state index in [9.17, 15) is 19.5 Å². The molecule has 0 fully saturated rings. The number of aromatic nitrogens is 1. The highest BCUT2D eigenvalue weighted by atomic mass is 16.5. The van der Waals surface area contributed by atoms with Crippen molar-refractivity contribution in [2.24, 2.45) is 5.92 Å². The Morgan fingerprint density at radius 3 is 2.44 bits per heavy atom. The highest BCUT2D eigenvalue weighted by molar-refractivity contribution is 5.91. The number of rotatable bonds is 11. The lowest BCUT2D eigenvalue weighted by molar-refractivity contribution is -0.141. The van der Waals surface area contributed by atoms with Gasteiger partial charge in [-0.25, -0.2) is 0 Å². The highest BCUT2D eigenvalue weighted by Crippen LogP contribution is 2.25. The zero-order valence-electron chi connectivity index (χ0n) is 25.8. The lowest BCUT2D eigenvalue weighted by Crippen LogP contribution is -2.50. The van der Waals surface area contributed by atoms with Crippen LogP contribution in [-0.4, -0.2) is 46.7 Å². The zero-order valence-corrected chi connectivity index (χ0v) is 25.8. The van der Waals surface area contributed by atoms with Gasteiger partial charge in [0, 0.05) is 42.5 Å². The van der Waals surface area contributed by atoms with E-state index >= 15 is 0 Å². The molecule has 0 aliphatic carbocycles. The minimum atomic E-state index is -1.03. The van der Waals surface area contributed by atoms with E-state index in [0.717, 1.165) is 65.6 Å². The topological polar surface area (TPSA) is 110 Å².